The molecule has 0 aliphatic heterocycles. The van der Waals surface area contributed by atoms with E-state index in [0.717, 1.165) is 30.6 Å². The number of methoxy groups -OCH3 is 1. The monoisotopic (exact) mass is 247 g/mol. The lowest BCUT2D eigenvalue weighted by Crippen LogP contribution is -2.30. The van der Waals surface area contributed by atoms with E-state index in [1.54, 1.807) is 7.11 Å². The predicted molar refractivity (Wildman–Crippen MR) is 76.1 cm³/mol. The van der Waals surface area contributed by atoms with Crippen molar-refractivity contribution in [1.29, 1.82) is 0 Å². The van der Waals surface area contributed by atoms with Crippen LogP contribution in [0.3, 0.4) is 0 Å². The molecule has 18 heavy (non-hydrogen) atoms. The maximum absolute atomic E-state index is 5.47. The van der Waals surface area contributed by atoms with Gasteiger partial charge in [0.05, 0.1) is 7.11 Å². The number of hydrogen-bond acceptors (Lipinski definition) is 2. The Morgan fingerprint density at radius 2 is 1.89 bits per heavy atom. The molecule has 0 saturated heterocycles. The number of ether oxygens (including phenoxy) is 1. The molecular formula is C16H25NO. The van der Waals surface area contributed by atoms with Gasteiger partial charge in [-0.15, -0.1) is 0 Å². The molecule has 1 N–H and O–H groups in total. The summed E-state index contributed by atoms with van der Waals surface area (Å²) in [6.07, 6.45) is 6.69. The molecule has 0 spiro atoms. The van der Waals surface area contributed by atoms with Gasteiger partial charge in [0.2, 0.25) is 0 Å². The first-order valence-electron chi connectivity index (χ1n) is 7.11. The van der Waals surface area contributed by atoms with Crippen molar-refractivity contribution in [2.45, 2.75) is 32.1 Å². The van der Waals surface area contributed by atoms with Crippen LogP contribution >= 0.6 is 0 Å². The second kappa shape index (κ2) is 6.79. The molecule has 2 atom stereocenters. The summed E-state index contributed by atoms with van der Waals surface area (Å²) >= 11 is 0. The smallest absolute Gasteiger partial charge is 0.122 e. The number of nitrogens with one attached hydrogen (secondary N) is 1. The molecule has 100 valence electrons. The highest BCUT2D eigenvalue weighted by atomic mass is 16.5. The molecule has 1 aromatic carbocycles. The van der Waals surface area contributed by atoms with E-state index in [4.69, 9.17) is 4.74 Å². The molecule has 1 saturated carbocycles. The van der Waals surface area contributed by atoms with Gasteiger partial charge in [-0.3, -0.25) is 0 Å². The van der Waals surface area contributed by atoms with Crippen LogP contribution in [-0.2, 0) is 6.42 Å². The zero-order valence-corrected chi connectivity index (χ0v) is 11.6. The van der Waals surface area contributed by atoms with Crippen molar-refractivity contribution in [3.8, 4) is 5.75 Å². The van der Waals surface area contributed by atoms with Crippen LogP contribution in [0.25, 0.3) is 0 Å². The fourth-order valence-electron chi connectivity index (χ4n) is 3.24. The Morgan fingerprint density at radius 3 is 2.61 bits per heavy atom. The summed E-state index contributed by atoms with van der Waals surface area (Å²) in [7, 11) is 3.83. The van der Waals surface area contributed by atoms with Crippen LogP contribution < -0.4 is 10.1 Å². The molecule has 0 heterocycles. The van der Waals surface area contributed by atoms with Crippen molar-refractivity contribution < 1.29 is 4.74 Å². The van der Waals surface area contributed by atoms with Crippen molar-refractivity contribution in [1.82, 2.24) is 5.32 Å². The highest BCUT2D eigenvalue weighted by Crippen LogP contribution is 2.34. The highest BCUT2D eigenvalue weighted by molar-refractivity contribution is 5.33. The summed E-state index contributed by atoms with van der Waals surface area (Å²) in [5.41, 5.74) is 1.37. The normalized spacial score (nSPS) is 23.9. The molecular weight excluding hydrogens is 222 g/mol. The van der Waals surface area contributed by atoms with Crippen LogP contribution in [0.5, 0.6) is 5.75 Å². The topological polar surface area (TPSA) is 21.3 Å². The highest BCUT2D eigenvalue weighted by Gasteiger charge is 2.25. The zero-order valence-electron chi connectivity index (χ0n) is 11.6. The Morgan fingerprint density at radius 1 is 1.17 bits per heavy atom. The second-order valence-corrected chi connectivity index (χ2v) is 5.38. The van der Waals surface area contributed by atoms with E-state index in [-0.39, 0.29) is 0 Å². The van der Waals surface area contributed by atoms with Gasteiger partial charge in [0, 0.05) is 0 Å². The lowest BCUT2D eigenvalue weighted by molar-refractivity contribution is 0.230. The van der Waals surface area contributed by atoms with Gasteiger partial charge < -0.3 is 10.1 Å². The van der Waals surface area contributed by atoms with E-state index >= 15 is 0 Å². The fraction of sp³-hybridized carbons (Fsp3) is 0.625. The van der Waals surface area contributed by atoms with E-state index in [1.165, 1.54) is 31.2 Å². The van der Waals surface area contributed by atoms with Crippen LogP contribution in [-0.4, -0.2) is 20.7 Å². The molecule has 2 rings (SSSR count). The summed E-state index contributed by atoms with van der Waals surface area (Å²) < 4.78 is 5.47. The molecule has 0 amide bonds. The summed E-state index contributed by atoms with van der Waals surface area (Å²) in [4.78, 5) is 0. The molecule has 1 aliphatic carbocycles. The molecule has 1 aromatic rings. The first-order chi connectivity index (χ1) is 8.85. The van der Waals surface area contributed by atoms with Gasteiger partial charge in [-0.1, -0.05) is 31.0 Å². The van der Waals surface area contributed by atoms with Crippen LogP contribution in [0.4, 0.5) is 0 Å². The van der Waals surface area contributed by atoms with Crippen LogP contribution in [0, 0.1) is 11.8 Å². The molecule has 1 fully saturated rings. The van der Waals surface area contributed by atoms with Crippen LogP contribution in [0.1, 0.15) is 31.2 Å². The van der Waals surface area contributed by atoms with E-state index < -0.39 is 0 Å². The third-order valence-corrected chi connectivity index (χ3v) is 4.21. The Labute approximate surface area is 111 Å². The first kappa shape index (κ1) is 13.4. The van der Waals surface area contributed by atoms with Gasteiger partial charge in [-0.2, -0.15) is 0 Å². The number of hydrogen-bond donors (Lipinski definition) is 1. The van der Waals surface area contributed by atoms with Gasteiger partial charge >= 0.3 is 0 Å². The van der Waals surface area contributed by atoms with E-state index in [1.807, 2.05) is 6.07 Å². The maximum Gasteiger partial charge on any atom is 0.122 e. The van der Waals surface area contributed by atoms with Crippen molar-refractivity contribution >= 4 is 0 Å². The summed E-state index contributed by atoms with van der Waals surface area (Å²) in [5, 5.41) is 3.35. The lowest BCUT2D eigenvalue weighted by atomic mass is 9.76. The summed E-state index contributed by atoms with van der Waals surface area (Å²) in [5.74, 6) is 2.68. The van der Waals surface area contributed by atoms with Gasteiger partial charge in [0.25, 0.3) is 0 Å². The quantitative estimate of drug-likeness (QED) is 0.862. The molecule has 0 aromatic heterocycles. The summed E-state index contributed by atoms with van der Waals surface area (Å²) in [6.45, 7) is 1.15. The Bertz CT molecular complexity index is 362. The lowest BCUT2D eigenvalue weighted by Gasteiger charge is -2.32. The van der Waals surface area contributed by atoms with Crippen molar-refractivity contribution in [2.24, 2.45) is 11.8 Å². The second-order valence-electron chi connectivity index (χ2n) is 5.38. The van der Waals surface area contributed by atoms with Crippen molar-refractivity contribution in [3.63, 3.8) is 0 Å². The molecule has 2 heteroatoms. The summed E-state index contributed by atoms with van der Waals surface area (Å²) in [6, 6.07) is 8.46. The van der Waals surface area contributed by atoms with Gasteiger partial charge in [0.15, 0.2) is 0 Å². The zero-order chi connectivity index (χ0) is 12.8. The van der Waals surface area contributed by atoms with Gasteiger partial charge in [-0.25, -0.2) is 0 Å². The molecule has 0 bridgehead atoms. The van der Waals surface area contributed by atoms with Crippen LogP contribution in [0.2, 0.25) is 0 Å². The number of benzene rings is 1. The predicted octanol–water partition coefficient (Wildman–Crippen LogP) is 3.26. The Balaban J connectivity index is 2.05. The van der Waals surface area contributed by atoms with Gasteiger partial charge in [-0.05, 0) is 56.3 Å². The average Bonchev–Trinajstić information content (AvgIpc) is 2.42. The standard InChI is InChI=1S/C16H25NO/c1-17-12-15-9-4-3-7-13(15)11-14-8-5-6-10-16(14)18-2/h5-6,8,10,13,15,17H,3-4,7,9,11-12H2,1-2H3. The molecule has 2 nitrogen and oxygen atoms in total. The van der Waals surface area contributed by atoms with E-state index in [2.05, 4.69) is 30.6 Å². The minimum absolute atomic E-state index is 0.808. The maximum atomic E-state index is 5.47. The van der Waals surface area contributed by atoms with Crippen molar-refractivity contribution in [3.05, 3.63) is 29.8 Å². The Kier molecular flexibility index (Phi) is 5.06. The van der Waals surface area contributed by atoms with E-state index in [0.29, 0.717) is 0 Å². The number of rotatable bonds is 5. The minimum atomic E-state index is 0.808. The minimum Gasteiger partial charge on any atom is -0.496 e. The molecule has 0 radical (unpaired) electrons. The molecule has 1 aliphatic rings. The third-order valence-electron chi connectivity index (χ3n) is 4.21. The number of para-hydroxylation sites is 1. The largest absolute Gasteiger partial charge is 0.496 e. The van der Waals surface area contributed by atoms with Crippen molar-refractivity contribution in [2.75, 3.05) is 20.7 Å². The van der Waals surface area contributed by atoms with E-state index in [9.17, 15) is 0 Å². The third kappa shape index (κ3) is 3.26. The van der Waals surface area contributed by atoms with Gasteiger partial charge in [0.1, 0.15) is 5.75 Å². The Hall–Kier alpha value is -1.02. The SMILES string of the molecule is CNCC1CCCCC1Cc1ccccc1OC. The van der Waals surface area contributed by atoms with Crippen LogP contribution in [0.15, 0.2) is 24.3 Å². The fourth-order valence-corrected chi connectivity index (χ4v) is 3.24. The first-order valence-corrected chi connectivity index (χ1v) is 7.11. The average molecular weight is 247 g/mol. The molecule has 2 unspecified atom stereocenters.